The van der Waals surface area contributed by atoms with E-state index in [2.05, 4.69) is 48.7 Å². The number of hydrogen-bond acceptors (Lipinski definition) is 3. The number of halogens is 1. The van der Waals surface area contributed by atoms with Crippen molar-refractivity contribution >= 4 is 35.3 Å². The second kappa shape index (κ2) is 8.65. The van der Waals surface area contributed by atoms with Gasteiger partial charge in [0.2, 0.25) is 0 Å². The summed E-state index contributed by atoms with van der Waals surface area (Å²) in [5, 5.41) is 11.3. The predicted molar refractivity (Wildman–Crippen MR) is 107 cm³/mol. The summed E-state index contributed by atoms with van der Waals surface area (Å²) in [6, 6.07) is 8.39. The van der Waals surface area contributed by atoms with Crippen LogP contribution in [0.3, 0.4) is 0 Å². The Morgan fingerprint density at radius 3 is 2.72 bits per heavy atom. The molecule has 0 spiro atoms. The Balaban J connectivity index is 0.00000225. The number of thiophene rings is 1. The molecule has 1 aromatic heterocycles. The van der Waals surface area contributed by atoms with Gasteiger partial charge in [-0.3, -0.25) is 4.79 Å². The van der Waals surface area contributed by atoms with E-state index in [1.165, 1.54) is 27.1 Å². The number of benzene rings is 1. The second-order valence-electron chi connectivity index (χ2n) is 6.55. The van der Waals surface area contributed by atoms with Gasteiger partial charge in [-0.1, -0.05) is 24.3 Å². The van der Waals surface area contributed by atoms with Crippen molar-refractivity contribution in [3.63, 3.8) is 0 Å². The van der Waals surface area contributed by atoms with Gasteiger partial charge in [0.1, 0.15) is 0 Å². The van der Waals surface area contributed by atoms with E-state index >= 15 is 0 Å². The predicted octanol–water partition coefficient (Wildman–Crippen LogP) is 4.28. The maximum absolute atomic E-state index is 11.1. The zero-order valence-corrected chi connectivity index (χ0v) is 16.3. The molecule has 134 valence electrons. The second-order valence-corrected chi connectivity index (χ2v) is 7.46. The number of fused-ring (bicyclic) bond motifs is 2. The molecule has 0 amide bonds. The van der Waals surface area contributed by atoms with Crippen LogP contribution in [-0.4, -0.2) is 36.6 Å². The van der Waals surface area contributed by atoms with Crippen molar-refractivity contribution in [1.29, 1.82) is 0 Å². The van der Waals surface area contributed by atoms with Gasteiger partial charge < -0.3 is 10.0 Å². The van der Waals surface area contributed by atoms with Gasteiger partial charge in [-0.15, -0.1) is 23.7 Å². The number of carboxylic acid groups (broad SMARTS) is 1. The van der Waals surface area contributed by atoms with Gasteiger partial charge in [-0.2, -0.15) is 0 Å². The number of nitrogens with zero attached hydrogens (tertiary/aromatic N) is 1. The summed E-state index contributed by atoms with van der Waals surface area (Å²) in [4.78, 5) is 14.6. The lowest BCUT2D eigenvalue weighted by atomic mass is 9.95. The van der Waals surface area contributed by atoms with Crippen LogP contribution in [0, 0.1) is 0 Å². The first kappa shape index (κ1) is 19.7. The molecule has 0 radical (unpaired) electrons. The Kier molecular flexibility index (Phi) is 6.82. The molecule has 1 aliphatic rings. The molecule has 0 saturated heterocycles. The fourth-order valence-corrected chi connectivity index (χ4v) is 4.22. The smallest absolute Gasteiger partial charge is 0.307 e. The maximum Gasteiger partial charge on any atom is 0.307 e. The van der Waals surface area contributed by atoms with E-state index in [0.717, 1.165) is 31.4 Å². The van der Waals surface area contributed by atoms with Gasteiger partial charge >= 0.3 is 5.97 Å². The number of carbonyl (C=O) groups is 1. The number of carboxylic acids is 1. The van der Waals surface area contributed by atoms with Crippen LogP contribution in [0.15, 0.2) is 35.7 Å². The Labute approximate surface area is 159 Å². The van der Waals surface area contributed by atoms with Crippen molar-refractivity contribution in [1.82, 2.24) is 4.90 Å². The van der Waals surface area contributed by atoms with Gasteiger partial charge in [-0.05, 0) is 72.6 Å². The van der Waals surface area contributed by atoms with Crippen LogP contribution in [0.4, 0.5) is 0 Å². The average molecular weight is 378 g/mol. The number of aryl methyl sites for hydroxylation is 2. The zero-order valence-electron chi connectivity index (χ0n) is 14.6. The first-order valence-electron chi connectivity index (χ1n) is 8.30. The first-order valence-corrected chi connectivity index (χ1v) is 9.18. The summed E-state index contributed by atoms with van der Waals surface area (Å²) < 4.78 is 0. The third-order valence-corrected chi connectivity index (χ3v) is 5.39. The molecule has 0 fully saturated rings. The van der Waals surface area contributed by atoms with Crippen LogP contribution < -0.4 is 0 Å². The summed E-state index contributed by atoms with van der Waals surface area (Å²) in [6.45, 7) is 1.01. The first-order chi connectivity index (χ1) is 11.5. The average Bonchev–Trinajstić information content (AvgIpc) is 2.92. The van der Waals surface area contributed by atoms with Gasteiger partial charge in [0.05, 0.1) is 6.42 Å². The van der Waals surface area contributed by atoms with Crippen molar-refractivity contribution in [2.45, 2.75) is 25.7 Å². The van der Waals surface area contributed by atoms with E-state index in [1.807, 2.05) is 6.07 Å². The van der Waals surface area contributed by atoms with E-state index in [9.17, 15) is 4.79 Å². The molecule has 0 saturated carbocycles. The van der Waals surface area contributed by atoms with Crippen molar-refractivity contribution in [3.8, 4) is 0 Å². The molecule has 1 N–H and O–H groups in total. The van der Waals surface area contributed by atoms with Crippen LogP contribution in [0.2, 0.25) is 0 Å². The lowest BCUT2D eigenvalue weighted by Crippen LogP contribution is -2.12. The number of hydrogen-bond donors (Lipinski definition) is 1. The van der Waals surface area contributed by atoms with Gasteiger partial charge in [-0.25, -0.2) is 0 Å². The maximum atomic E-state index is 11.1. The molecule has 0 atom stereocenters. The monoisotopic (exact) mass is 377 g/mol. The zero-order chi connectivity index (χ0) is 17.1. The third kappa shape index (κ3) is 4.72. The standard InChI is InChI=1S/C20H23NO2S.ClH/c1-21(2)10-3-4-17-18-12-14(13-19(22)23)5-6-15(18)7-8-16-9-11-24-20(16)17;/h4-6,9,11-12H,3,7-8,10,13H2,1-2H3,(H,22,23);1H/b17-4-;. The Morgan fingerprint density at radius 2 is 2.00 bits per heavy atom. The molecule has 3 nitrogen and oxygen atoms in total. The van der Waals surface area contributed by atoms with E-state index in [0.29, 0.717) is 0 Å². The molecule has 0 aliphatic heterocycles. The van der Waals surface area contributed by atoms with Crippen molar-refractivity contribution in [3.05, 3.63) is 62.9 Å². The molecule has 0 bridgehead atoms. The molecule has 1 aliphatic carbocycles. The summed E-state index contributed by atoms with van der Waals surface area (Å²) in [6.07, 6.45) is 5.45. The van der Waals surface area contributed by atoms with Gasteiger partial charge in [0.25, 0.3) is 0 Å². The van der Waals surface area contributed by atoms with Crippen LogP contribution in [-0.2, 0) is 24.1 Å². The third-order valence-electron chi connectivity index (χ3n) is 4.40. The van der Waals surface area contributed by atoms with Crippen LogP contribution in [0.1, 0.15) is 33.6 Å². The van der Waals surface area contributed by atoms with Crippen LogP contribution in [0.25, 0.3) is 5.57 Å². The SMILES string of the molecule is CN(C)CC/C=C1/c2cc(CC(=O)O)ccc2CCc2ccsc21.Cl. The van der Waals surface area contributed by atoms with Crippen LogP contribution >= 0.6 is 23.7 Å². The summed E-state index contributed by atoms with van der Waals surface area (Å²) in [5.74, 6) is -0.779. The molecule has 5 heteroatoms. The van der Waals surface area contributed by atoms with E-state index in [1.54, 1.807) is 11.3 Å². The molecule has 2 aromatic rings. The van der Waals surface area contributed by atoms with E-state index < -0.39 is 5.97 Å². The fraction of sp³-hybridized carbons (Fsp3) is 0.350. The molecular formula is C20H24ClNO2S. The van der Waals surface area contributed by atoms with E-state index in [-0.39, 0.29) is 18.8 Å². The summed E-state index contributed by atoms with van der Waals surface area (Å²) in [7, 11) is 4.17. The minimum atomic E-state index is -0.779. The molecule has 3 rings (SSSR count). The summed E-state index contributed by atoms with van der Waals surface area (Å²) >= 11 is 1.79. The van der Waals surface area contributed by atoms with Crippen molar-refractivity contribution in [2.24, 2.45) is 0 Å². The largest absolute Gasteiger partial charge is 0.481 e. The lowest BCUT2D eigenvalue weighted by Gasteiger charge is -2.13. The Hall–Kier alpha value is -1.62. The molecule has 0 unspecified atom stereocenters. The minimum Gasteiger partial charge on any atom is -0.481 e. The molecule has 1 heterocycles. The highest BCUT2D eigenvalue weighted by molar-refractivity contribution is 7.11. The topological polar surface area (TPSA) is 40.5 Å². The molecule has 1 aromatic carbocycles. The highest BCUT2D eigenvalue weighted by Crippen LogP contribution is 2.37. The molecule has 25 heavy (non-hydrogen) atoms. The van der Waals surface area contributed by atoms with Crippen molar-refractivity contribution < 1.29 is 9.90 Å². The van der Waals surface area contributed by atoms with Crippen molar-refractivity contribution in [2.75, 3.05) is 20.6 Å². The number of rotatable bonds is 5. The van der Waals surface area contributed by atoms with E-state index in [4.69, 9.17) is 5.11 Å². The normalized spacial score (nSPS) is 14.6. The van der Waals surface area contributed by atoms with Gasteiger partial charge in [0.15, 0.2) is 0 Å². The highest BCUT2D eigenvalue weighted by atomic mass is 35.5. The summed E-state index contributed by atoms with van der Waals surface area (Å²) in [5.41, 5.74) is 6.10. The Bertz CT molecular complexity index is 780. The minimum absolute atomic E-state index is 0. The fourth-order valence-electron chi connectivity index (χ4n) is 3.21. The highest BCUT2D eigenvalue weighted by Gasteiger charge is 2.19. The van der Waals surface area contributed by atoms with Gasteiger partial charge in [0, 0.05) is 11.4 Å². The molecular weight excluding hydrogens is 354 g/mol. The number of aliphatic carboxylic acids is 1. The lowest BCUT2D eigenvalue weighted by molar-refractivity contribution is -0.136. The van der Waals surface area contributed by atoms with Crippen LogP contribution in [0.5, 0.6) is 0 Å². The Morgan fingerprint density at radius 1 is 1.24 bits per heavy atom. The quantitative estimate of drug-likeness (QED) is 0.845.